The van der Waals surface area contributed by atoms with Crippen LogP contribution in [0.5, 0.6) is 5.75 Å². The van der Waals surface area contributed by atoms with Crippen LogP contribution in [-0.4, -0.2) is 102 Å². The van der Waals surface area contributed by atoms with E-state index >= 15 is 0 Å². The molecule has 206 valence electrons. The second kappa shape index (κ2) is 13.9. The van der Waals surface area contributed by atoms with Gasteiger partial charge in [0.05, 0.1) is 12.6 Å². The normalized spacial score (nSPS) is 16.8. The number of carbonyl (C=O) groups is 3. The smallest absolute Gasteiger partial charge is 0.245 e. The van der Waals surface area contributed by atoms with E-state index in [2.05, 4.69) is 22.2 Å². The predicted octanol–water partition coefficient (Wildman–Crippen LogP) is -0.0607. The van der Waals surface area contributed by atoms with E-state index in [9.17, 15) is 19.5 Å². The van der Waals surface area contributed by atoms with Crippen LogP contribution in [0.15, 0.2) is 54.6 Å². The van der Waals surface area contributed by atoms with Gasteiger partial charge in [-0.05, 0) is 50.1 Å². The van der Waals surface area contributed by atoms with Crippen LogP contribution >= 0.6 is 0 Å². The minimum atomic E-state index is -0.904. The second-order valence-electron chi connectivity index (χ2n) is 10.1. The van der Waals surface area contributed by atoms with Gasteiger partial charge in [-0.1, -0.05) is 42.5 Å². The molecule has 10 nitrogen and oxygen atoms in total. The first-order chi connectivity index (χ1) is 18.1. The fourth-order valence-electron chi connectivity index (χ4n) is 4.65. The van der Waals surface area contributed by atoms with Crippen molar-refractivity contribution >= 4 is 17.7 Å². The number of hydrogen-bond acceptors (Lipinski definition) is 7. The molecule has 0 saturated carbocycles. The molecule has 1 fully saturated rings. The Balaban J connectivity index is 1.73. The van der Waals surface area contributed by atoms with Crippen molar-refractivity contribution in [2.45, 2.75) is 37.9 Å². The van der Waals surface area contributed by atoms with Crippen LogP contribution in [0, 0.1) is 0 Å². The van der Waals surface area contributed by atoms with Crippen molar-refractivity contribution in [3.63, 3.8) is 0 Å². The average Bonchev–Trinajstić information content (AvgIpc) is 2.89. The number of benzene rings is 2. The fraction of sp³-hybridized carbons (Fsp3) is 0.464. The fourth-order valence-corrected chi connectivity index (χ4v) is 4.65. The molecule has 10 heteroatoms. The Kier molecular flexibility index (Phi) is 10.6. The first kappa shape index (κ1) is 29.1. The molecule has 0 aromatic heterocycles. The Hall–Kier alpha value is -3.47. The van der Waals surface area contributed by atoms with E-state index in [4.69, 9.17) is 11.5 Å². The third-order valence-corrected chi connectivity index (χ3v) is 6.89. The van der Waals surface area contributed by atoms with Gasteiger partial charge in [-0.3, -0.25) is 19.3 Å². The molecule has 0 spiro atoms. The number of nitrogens with zero attached hydrogens (tertiary/aromatic N) is 3. The minimum Gasteiger partial charge on any atom is -0.508 e. The first-order valence-corrected chi connectivity index (χ1v) is 13.0. The van der Waals surface area contributed by atoms with E-state index < -0.39 is 23.9 Å². The van der Waals surface area contributed by atoms with Gasteiger partial charge in [0, 0.05) is 38.8 Å². The summed E-state index contributed by atoms with van der Waals surface area (Å²) in [5.41, 5.74) is 13.5. The van der Waals surface area contributed by atoms with Crippen LogP contribution in [0.4, 0.5) is 0 Å². The van der Waals surface area contributed by atoms with E-state index in [1.165, 1.54) is 17.0 Å². The summed E-state index contributed by atoms with van der Waals surface area (Å²) in [4.78, 5) is 44.6. The summed E-state index contributed by atoms with van der Waals surface area (Å²) in [7, 11) is 2.08. The molecule has 1 aliphatic rings. The summed E-state index contributed by atoms with van der Waals surface area (Å²) in [6.07, 6.45) is 0.797. The summed E-state index contributed by atoms with van der Waals surface area (Å²) < 4.78 is 0. The van der Waals surface area contributed by atoms with Crippen molar-refractivity contribution in [3.05, 3.63) is 65.7 Å². The molecule has 1 heterocycles. The van der Waals surface area contributed by atoms with Gasteiger partial charge < -0.3 is 31.7 Å². The van der Waals surface area contributed by atoms with Gasteiger partial charge in [-0.15, -0.1) is 0 Å². The maximum absolute atomic E-state index is 13.7. The number of phenolic OH excluding ortho intramolecular Hbond substituents is 1. The highest BCUT2D eigenvalue weighted by atomic mass is 16.3. The molecule has 1 saturated heterocycles. The molecular formula is C28H40N6O4. The molecule has 2 aromatic rings. The largest absolute Gasteiger partial charge is 0.508 e. The highest BCUT2D eigenvalue weighted by molar-refractivity contribution is 5.91. The number of piperazine rings is 1. The van der Waals surface area contributed by atoms with E-state index in [1.54, 1.807) is 19.1 Å². The van der Waals surface area contributed by atoms with Gasteiger partial charge in [0.15, 0.2) is 0 Å². The zero-order valence-electron chi connectivity index (χ0n) is 22.3. The molecule has 6 N–H and O–H groups in total. The molecule has 3 atom stereocenters. The van der Waals surface area contributed by atoms with Crippen LogP contribution in [0.2, 0.25) is 0 Å². The number of likely N-dealkylation sites (N-methyl/N-ethyl adjacent to an activating group) is 1. The van der Waals surface area contributed by atoms with Gasteiger partial charge in [0.1, 0.15) is 11.8 Å². The summed E-state index contributed by atoms with van der Waals surface area (Å²) in [5.74, 6) is -1.35. The standard InChI is InChI=1S/C28H40N6O4/c1-20(31-27(37)25(29)17-22-8-10-24(35)11-9-22)28(38)34(19-26(30)36)23(16-21-6-4-3-5-7-21)18-33-14-12-32(2)13-15-33/h3-11,20,23,25,35H,12-19,29H2,1-2H3,(H2,30,36)(H,31,37)/t20-,23?,25+/m1/s1. The maximum atomic E-state index is 13.7. The second-order valence-corrected chi connectivity index (χ2v) is 10.1. The lowest BCUT2D eigenvalue weighted by molar-refractivity contribution is -0.141. The Bertz CT molecular complexity index is 1060. The summed E-state index contributed by atoms with van der Waals surface area (Å²) >= 11 is 0. The van der Waals surface area contributed by atoms with Crippen LogP contribution in [0.25, 0.3) is 0 Å². The number of phenols is 1. The summed E-state index contributed by atoms with van der Waals surface area (Å²) in [6.45, 7) is 5.50. The molecule has 3 amide bonds. The first-order valence-electron chi connectivity index (χ1n) is 13.0. The maximum Gasteiger partial charge on any atom is 0.245 e. The summed E-state index contributed by atoms with van der Waals surface area (Å²) in [5, 5.41) is 12.2. The van der Waals surface area contributed by atoms with Crippen LogP contribution in [0.1, 0.15) is 18.1 Å². The Morgan fingerprint density at radius 1 is 0.974 bits per heavy atom. The number of hydrogen-bond donors (Lipinski definition) is 4. The van der Waals surface area contributed by atoms with Gasteiger partial charge in [-0.25, -0.2) is 0 Å². The Morgan fingerprint density at radius 2 is 1.58 bits per heavy atom. The highest BCUT2D eigenvalue weighted by Gasteiger charge is 2.32. The van der Waals surface area contributed by atoms with Crippen molar-refractivity contribution in [2.75, 3.05) is 46.3 Å². The molecule has 38 heavy (non-hydrogen) atoms. The molecule has 0 radical (unpaired) electrons. The van der Waals surface area contributed by atoms with E-state index in [0.29, 0.717) is 13.0 Å². The van der Waals surface area contributed by atoms with Crippen LogP contribution in [-0.2, 0) is 27.2 Å². The predicted molar refractivity (Wildman–Crippen MR) is 146 cm³/mol. The highest BCUT2D eigenvalue weighted by Crippen LogP contribution is 2.15. The number of amides is 3. The zero-order chi connectivity index (χ0) is 27.7. The van der Waals surface area contributed by atoms with E-state index in [1.807, 2.05) is 30.3 Å². The Morgan fingerprint density at radius 3 is 2.18 bits per heavy atom. The molecule has 0 bridgehead atoms. The van der Waals surface area contributed by atoms with Gasteiger partial charge in [0.25, 0.3) is 0 Å². The van der Waals surface area contributed by atoms with Crippen molar-refractivity contribution in [2.24, 2.45) is 11.5 Å². The molecular weight excluding hydrogens is 484 g/mol. The summed E-state index contributed by atoms with van der Waals surface area (Å²) in [6, 6.07) is 14.2. The number of primary amides is 1. The molecule has 3 rings (SSSR count). The van der Waals surface area contributed by atoms with Gasteiger partial charge in [0.2, 0.25) is 17.7 Å². The third-order valence-electron chi connectivity index (χ3n) is 6.89. The van der Waals surface area contributed by atoms with Crippen molar-refractivity contribution in [1.29, 1.82) is 0 Å². The van der Waals surface area contributed by atoms with E-state index in [0.717, 1.165) is 37.3 Å². The topological polar surface area (TPSA) is 145 Å². The molecule has 1 aliphatic heterocycles. The molecule has 1 unspecified atom stereocenters. The lowest BCUT2D eigenvalue weighted by Gasteiger charge is -2.39. The number of rotatable bonds is 12. The van der Waals surface area contributed by atoms with Crippen molar-refractivity contribution < 1.29 is 19.5 Å². The average molecular weight is 525 g/mol. The van der Waals surface area contributed by atoms with E-state index in [-0.39, 0.29) is 30.7 Å². The van der Waals surface area contributed by atoms with Crippen molar-refractivity contribution in [3.8, 4) is 5.75 Å². The number of aromatic hydroxyl groups is 1. The SMILES string of the molecule is C[C@@H](NC(=O)[C@@H](N)Cc1ccc(O)cc1)C(=O)N(CC(N)=O)C(Cc1ccccc1)CN1CCN(C)CC1. The quantitative estimate of drug-likeness (QED) is 0.304. The third kappa shape index (κ3) is 8.83. The van der Waals surface area contributed by atoms with Gasteiger partial charge >= 0.3 is 0 Å². The zero-order valence-corrected chi connectivity index (χ0v) is 22.3. The van der Waals surface area contributed by atoms with Crippen LogP contribution < -0.4 is 16.8 Å². The monoisotopic (exact) mass is 524 g/mol. The number of nitrogens with one attached hydrogen (secondary N) is 1. The lowest BCUT2D eigenvalue weighted by atomic mass is 10.0. The lowest BCUT2D eigenvalue weighted by Crippen LogP contribution is -2.58. The molecule has 2 aromatic carbocycles. The number of nitrogens with two attached hydrogens (primary N) is 2. The van der Waals surface area contributed by atoms with Crippen molar-refractivity contribution in [1.82, 2.24) is 20.0 Å². The Labute approximate surface area is 224 Å². The van der Waals surface area contributed by atoms with Crippen LogP contribution in [0.3, 0.4) is 0 Å². The minimum absolute atomic E-state index is 0.127. The van der Waals surface area contributed by atoms with Gasteiger partial charge in [-0.2, -0.15) is 0 Å². The molecule has 0 aliphatic carbocycles. The number of carbonyl (C=O) groups excluding carboxylic acids is 3.